The molecule has 0 spiro atoms. The molecule has 2 aromatic rings. The Kier molecular flexibility index (Phi) is 5.48. The second kappa shape index (κ2) is 7.63. The van der Waals surface area contributed by atoms with E-state index < -0.39 is 11.7 Å². The second-order valence-corrected chi connectivity index (χ2v) is 6.56. The number of alkyl halides is 3. The average Bonchev–Trinajstić information content (AvgIpc) is 2.61. The Morgan fingerprint density at radius 3 is 2.50 bits per heavy atom. The monoisotopic (exact) mass is 383 g/mol. The largest absolute Gasteiger partial charge is 0.416 e. The van der Waals surface area contributed by atoms with Crippen LogP contribution in [-0.4, -0.2) is 46.9 Å². The van der Waals surface area contributed by atoms with E-state index in [-0.39, 0.29) is 5.91 Å². The first-order valence-electron chi connectivity index (χ1n) is 8.12. The van der Waals surface area contributed by atoms with Crippen LogP contribution in [0, 0.1) is 0 Å². The molecule has 1 aromatic carbocycles. The van der Waals surface area contributed by atoms with Gasteiger partial charge in [-0.3, -0.25) is 14.7 Å². The van der Waals surface area contributed by atoms with E-state index in [4.69, 9.17) is 11.6 Å². The lowest BCUT2D eigenvalue weighted by atomic mass is 10.1. The van der Waals surface area contributed by atoms with Crippen LogP contribution in [0.1, 0.15) is 21.6 Å². The van der Waals surface area contributed by atoms with Crippen molar-refractivity contribution in [3.05, 3.63) is 64.4 Å². The summed E-state index contributed by atoms with van der Waals surface area (Å²) in [6.07, 6.45) is -2.86. The van der Waals surface area contributed by atoms with Crippen molar-refractivity contribution >= 4 is 17.5 Å². The molecule has 4 nitrogen and oxygen atoms in total. The third kappa shape index (κ3) is 4.53. The summed E-state index contributed by atoms with van der Waals surface area (Å²) in [7, 11) is 0. The van der Waals surface area contributed by atoms with Crippen LogP contribution in [-0.2, 0) is 12.7 Å². The van der Waals surface area contributed by atoms with E-state index >= 15 is 0 Å². The molecule has 1 saturated heterocycles. The Morgan fingerprint density at radius 2 is 1.85 bits per heavy atom. The van der Waals surface area contributed by atoms with Gasteiger partial charge in [-0.05, 0) is 23.8 Å². The molecule has 0 radical (unpaired) electrons. The molecular weight excluding hydrogens is 367 g/mol. The molecule has 0 saturated carbocycles. The van der Waals surface area contributed by atoms with Gasteiger partial charge in [-0.15, -0.1) is 0 Å². The van der Waals surface area contributed by atoms with E-state index in [1.165, 1.54) is 24.4 Å². The number of carbonyl (C=O) groups is 1. The number of halogens is 4. The zero-order chi connectivity index (χ0) is 18.7. The Morgan fingerprint density at radius 1 is 1.12 bits per heavy atom. The number of carbonyl (C=O) groups excluding carboxylic acids is 1. The fourth-order valence-electron chi connectivity index (χ4n) is 2.90. The minimum absolute atomic E-state index is 0.189. The fraction of sp³-hybridized carbons (Fsp3) is 0.333. The first-order valence-corrected chi connectivity index (χ1v) is 8.50. The molecule has 0 bridgehead atoms. The third-order valence-corrected chi connectivity index (χ3v) is 4.50. The van der Waals surface area contributed by atoms with Crippen LogP contribution >= 0.6 is 11.6 Å². The van der Waals surface area contributed by atoms with E-state index in [0.29, 0.717) is 49.0 Å². The summed E-state index contributed by atoms with van der Waals surface area (Å²) in [6, 6.07) is 8.47. The predicted octanol–water partition coefficient (Wildman–Crippen LogP) is 3.71. The number of aromatic nitrogens is 1. The lowest BCUT2D eigenvalue weighted by Gasteiger charge is -2.34. The summed E-state index contributed by atoms with van der Waals surface area (Å²) >= 11 is 5.89. The summed E-state index contributed by atoms with van der Waals surface area (Å²) in [4.78, 5) is 20.2. The fourth-order valence-corrected chi connectivity index (χ4v) is 3.06. The van der Waals surface area contributed by atoms with Crippen molar-refractivity contribution < 1.29 is 18.0 Å². The molecule has 8 heteroatoms. The summed E-state index contributed by atoms with van der Waals surface area (Å²) in [6.45, 7) is 2.57. The van der Waals surface area contributed by atoms with Crippen molar-refractivity contribution in [1.82, 2.24) is 14.8 Å². The van der Waals surface area contributed by atoms with Crippen molar-refractivity contribution in [3.8, 4) is 0 Å². The van der Waals surface area contributed by atoms with Gasteiger partial charge in [0.1, 0.15) is 5.69 Å². The van der Waals surface area contributed by atoms with Crippen LogP contribution < -0.4 is 0 Å². The van der Waals surface area contributed by atoms with Gasteiger partial charge in [0.05, 0.1) is 5.56 Å². The SMILES string of the molecule is O=C(c1cc(Cl)ccn1)N1CCN(Cc2cccc(C(F)(F)F)c2)CC1. The third-order valence-electron chi connectivity index (χ3n) is 4.26. The summed E-state index contributed by atoms with van der Waals surface area (Å²) in [5.41, 5.74) is 0.260. The van der Waals surface area contributed by atoms with Gasteiger partial charge < -0.3 is 4.90 Å². The highest BCUT2D eigenvalue weighted by Gasteiger charge is 2.30. The van der Waals surface area contributed by atoms with Crippen LogP contribution in [0.5, 0.6) is 0 Å². The molecule has 1 fully saturated rings. The molecule has 0 atom stereocenters. The van der Waals surface area contributed by atoms with Gasteiger partial charge in [-0.2, -0.15) is 13.2 Å². The van der Waals surface area contributed by atoms with Crippen LogP contribution in [0.4, 0.5) is 13.2 Å². The minimum Gasteiger partial charge on any atom is -0.335 e. The number of hydrogen-bond acceptors (Lipinski definition) is 3. The molecule has 1 aliphatic heterocycles. The van der Waals surface area contributed by atoms with Crippen molar-refractivity contribution in [2.45, 2.75) is 12.7 Å². The van der Waals surface area contributed by atoms with Gasteiger partial charge in [0.25, 0.3) is 5.91 Å². The van der Waals surface area contributed by atoms with Gasteiger partial charge in [-0.25, -0.2) is 0 Å². The number of hydrogen-bond donors (Lipinski definition) is 0. The molecule has 2 heterocycles. The van der Waals surface area contributed by atoms with Crippen molar-refractivity contribution in [3.63, 3.8) is 0 Å². The summed E-state index contributed by atoms with van der Waals surface area (Å²) in [5, 5.41) is 0.450. The molecule has 0 aliphatic carbocycles. The smallest absolute Gasteiger partial charge is 0.335 e. The Bertz CT molecular complexity index is 789. The van der Waals surface area contributed by atoms with Gasteiger partial charge in [0.15, 0.2) is 0 Å². The first-order chi connectivity index (χ1) is 12.3. The zero-order valence-corrected chi connectivity index (χ0v) is 14.6. The molecule has 26 heavy (non-hydrogen) atoms. The number of amides is 1. The van der Waals surface area contributed by atoms with Crippen LogP contribution in [0.2, 0.25) is 5.02 Å². The predicted molar refractivity (Wildman–Crippen MR) is 91.9 cm³/mol. The molecule has 1 amide bonds. The lowest BCUT2D eigenvalue weighted by Crippen LogP contribution is -2.48. The van der Waals surface area contributed by atoms with Crippen molar-refractivity contribution in [2.24, 2.45) is 0 Å². The topological polar surface area (TPSA) is 36.4 Å². The minimum atomic E-state index is -4.34. The normalized spacial score (nSPS) is 15.9. The quantitative estimate of drug-likeness (QED) is 0.810. The standard InChI is InChI=1S/C18H17ClF3N3O/c19-15-4-5-23-16(11-15)17(26)25-8-6-24(7-9-25)12-13-2-1-3-14(10-13)18(20,21)22/h1-5,10-11H,6-9,12H2. The van der Waals surface area contributed by atoms with Crippen molar-refractivity contribution in [1.29, 1.82) is 0 Å². The molecule has 0 N–H and O–H groups in total. The number of nitrogens with zero attached hydrogens (tertiary/aromatic N) is 3. The Labute approximate surface area is 154 Å². The zero-order valence-electron chi connectivity index (χ0n) is 13.8. The van der Waals surface area contributed by atoms with Crippen LogP contribution in [0.15, 0.2) is 42.6 Å². The highest BCUT2D eigenvalue weighted by molar-refractivity contribution is 6.30. The van der Waals surface area contributed by atoms with Gasteiger partial charge in [0, 0.05) is 43.9 Å². The maximum atomic E-state index is 12.8. The molecule has 1 aliphatic rings. The number of rotatable bonds is 3. The number of benzene rings is 1. The van der Waals surface area contributed by atoms with E-state index in [1.54, 1.807) is 17.0 Å². The first kappa shape index (κ1) is 18.7. The molecule has 1 aromatic heterocycles. The van der Waals surface area contributed by atoms with Gasteiger partial charge in [-0.1, -0.05) is 29.8 Å². The number of pyridine rings is 1. The van der Waals surface area contributed by atoms with E-state index in [9.17, 15) is 18.0 Å². The van der Waals surface area contributed by atoms with Crippen molar-refractivity contribution in [2.75, 3.05) is 26.2 Å². The van der Waals surface area contributed by atoms with Crippen LogP contribution in [0.25, 0.3) is 0 Å². The lowest BCUT2D eigenvalue weighted by molar-refractivity contribution is -0.137. The highest BCUT2D eigenvalue weighted by atomic mass is 35.5. The van der Waals surface area contributed by atoms with Gasteiger partial charge in [0.2, 0.25) is 0 Å². The molecule has 3 rings (SSSR count). The van der Waals surface area contributed by atoms with Gasteiger partial charge >= 0.3 is 6.18 Å². The Hall–Kier alpha value is -2.12. The Balaban J connectivity index is 1.58. The number of piperazine rings is 1. The van der Waals surface area contributed by atoms with E-state index in [0.717, 1.165) is 6.07 Å². The molecule has 138 valence electrons. The average molecular weight is 384 g/mol. The molecular formula is C18H17ClF3N3O. The second-order valence-electron chi connectivity index (χ2n) is 6.13. The maximum absolute atomic E-state index is 12.8. The summed E-state index contributed by atoms with van der Waals surface area (Å²) in [5.74, 6) is -0.189. The highest BCUT2D eigenvalue weighted by Crippen LogP contribution is 2.29. The van der Waals surface area contributed by atoms with Crippen LogP contribution in [0.3, 0.4) is 0 Å². The van der Waals surface area contributed by atoms with E-state index in [1.807, 2.05) is 4.90 Å². The maximum Gasteiger partial charge on any atom is 0.416 e. The summed E-state index contributed by atoms with van der Waals surface area (Å²) < 4.78 is 38.4. The van der Waals surface area contributed by atoms with E-state index in [2.05, 4.69) is 4.98 Å². The molecule has 0 unspecified atom stereocenters.